The number of rotatable bonds is 4. The molecule has 0 unspecified atom stereocenters. The fourth-order valence-electron chi connectivity index (χ4n) is 1.38. The van der Waals surface area contributed by atoms with Gasteiger partial charge in [-0.3, -0.25) is 0 Å². The molecule has 0 aliphatic rings. The molecule has 2 N–H and O–H groups in total. The zero-order valence-electron chi connectivity index (χ0n) is 8.95. The summed E-state index contributed by atoms with van der Waals surface area (Å²) in [5.74, 6) is 0.369. The van der Waals surface area contributed by atoms with Gasteiger partial charge in [-0.2, -0.15) is 0 Å². The van der Waals surface area contributed by atoms with Crippen LogP contribution >= 0.6 is 15.9 Å². The van der Waals surface area contributed by atoms with E-state index in [1.807, 2.05) is 0 Å². The van der Waals surface area contributed by atoms with Crippen LogP contribution < -0.4 is 10.5 Å². The summed E-state index contributed by atoms with van der Waals surface area (Å²) >= 11 is 3.15. The van der Waals surface area contributed by atoms with Crippen LogP contribution in [0.3, 0.4) is 0 Å². The maximum absolute atomic E-state index is 13.8. The van der Waals surface area contributed by atoms with Crippen LogP contribution in [0.1, 0.15) is 11.3 Å². The molecule has 0 saturated carbocycles. The number of hydrogen-bond acceptors (Lipinski definition) is 3. The molecule has 1 aromatic carbocycles. The van der Waals surface area contributed by atoms with Crippen molar-refractivity contribution >= 4 is 15.9 Å². The molecular formula is C12H11BrFNO2. The lowest BCUT2D eigenvalue weighted by atomic mass is 10.2. The summed E-state index contributed by atoms with van der Waals surface area (Å²) in [7, 11) is 0. The third kappa shape index (κ3) is 2.68. The van der Waals surface area contributed by atoms with Gasteiger partial charge in [0.25, 0.3) is 0 Å². The number of halogens is 2. The average Bonchev–Trinajstić information content (AvgIpc) is 2.84. The van der Waals surface area contributed by atoms with Gasteiger partial charge < -0.3 is 14.9 Å². The van der Waals surface area contributed by atoms with Crippen molar-refractivity contribution in [3.05, 3.63) is 52.1 Å². The SMILES string of the molecule is NCc1ccc(OCc2ccco2)c(F)c1Br. The number of furan rings is 1. The predicted molar refractivity (Wildman–Crippen MR) is 65.0 cm³/mol. The van der Waals surface area contributed by atoms with Crippen molar-refractivity contribution in [2.75, 3.05) is 0 Å². The smallest absolute Gasteiger partial charge is 0.179 e. The van der Waals surface area contributed by atoms with Crippen LogP contribution in [0.15, 0.2) is 39.4 Å². The fourth-order valence-corrected chi connectivity index (χ4v) is 1.87. The van der Waals surface area contributed by atoms with Crippen molar-refractivity contribution in [3.8, 4) is 5.75 Å². The maximum Gasteiger partial charge on any atom is 0.179 e. The van der Waals surface area contributed by atoms with E-state index in [1.54, 1.807) is 30.5 Å². The Morgan fingerprint density at radius 2 is 2.18 bits per heavy atom. The van der Waals surface area contributed by atoms with Gasteiger partial charge in [0.05, 0.1) is 10.7 Å². The summed E-state index contributed by atoms with van der Waals surface area (Å²) in [6, 6.07) is 6.81. The van der Waals surface area contributed by atoms with Crippen LogP contribution in [0.2, 0.25) is 0 Å². The molecule has 0 aliphatic carbocycles. The van der Waals surface area contributed by atoms with Crippen molar-refractivity contribution in [2.45, 2.75) is 13.2 Å². The van der Waals surface area contributed by atoms with Gasteiger partial charge >= 0.3 is 0 Å². The molecule has 0 bridgehead atoms. The van der Waals surface area contributed by atoms with Crippen molar-refractivity contribution in [1.29, 1.82) is 0 Å². The second-order valence-corrected chi connectivity index (χ2v) is 4.22. The van der Waals surface area contributed by atoms with Gasteiger partial charge in [0, 0.05) is 6.54 Å². The van der Waals surface area contributed by atoms with Gasteiger partial charge in [-0.05, 0) is 39.7 Å². The van der Waals surface area contributed by atoms with Crippen LogP contribution in [0.25, 0.3) is 0 Å². The first-order valence-electron chi connectivity index (χ1n) is 5.04. The average molecular weight is 300 g/mol. The van der Waals surface area contributed by atoms with Gasteiger partial charge in [-0.25, -0.2) is 4.39 Å². The molecular weight excluding hydrogens is 289 g/mol. The number of hydrogen-bond donors (Lipinski definition) is 1. The first-order chi connectivity index (χ1) is 8.22. The molecule has 0 radical (unpaired) electrons. The molecule has 0 spiro atoms. The highest BCUT2D eigenvalue weighted by Gasteiger charge is 2.11. The van der Waals surface area contributed by atoms with E-state index in [4.69, 9.17) is 14.9 Å². The molecule has 0 fully saturated rings. The van der Waals surface area contributed by atoms with E-state index in [9.17, 15) is 4.39 Å². The number of nitrogens with two attached hydrogens (primary N) is 1. The van der Waals surface area contributed by atoms with Gasteiger partial charge in [-0.15, -0.1) is 0 Å². The first-order valence-corrected chi connectivity index (χ1v) is 5.83. The Kier molecular flexibility index (Phi) is 3.81. The van der Waals surface area contributed by atoms with E-state index in [2.05, 4.69) is 15.9 Å². The van der Waals surface area contributed by atoms with Crippen molar-refractivity contribution in [1.82, 2.24) is 0 Å². The molecule has 2 rings (SSSR count). The Hall–Kier alpha value is -1.33. The topological polar surface area (TPSA) is 48.4 Å². The summed E-state index contributed by atoms with van der Waals surface area (Å²) in [6.07, 6.45) is 1.54. The molecule has 0 amide bonds. The standard InChI is InChI=1S/C12H11BrFNO2/c13-11-8(6-15)3-4-10(12(11)14)17-7-9-2-1-5-16-9/h1-5H,6-7,15H2. The minimum Gasteiger partial charge on any atom is -0.483 e. The Bertz CT molecular complexity index is 499. The monoisotopic (exact) mass is 299 g/mol. The fraction of sp³-hybridized carbons (Fsp3) is 0.167. The maximum atomic E-state index is 13.8. The van der Waals surface area contributed by atoms with E-state index in [-0.39, 0.29) is 18.9 Å². The minimum absolute atomic E-state index is 0.172. The zero-order valence-corrected chi connectivity index (χ0v) is 10.5. The summed E-state index contributed by atoms with van der Waals surface area (Å²) in [5.41, 5.74) is 6.17. The van der Waals surface area contributed by atoms with Gasteiger partial charge in [0.2, 0.25) is 0 Å². The molecule has 3 nitrogen and oxygen atoms in total. The van der Waals surface area contributed by atoms with E-state index < -0.39 is 5.82 Å². The van der Waals surface area contributed by atoms with Crippen LogP contribution in [0.4, 0.5) is 4.39 Å². The Morgan fingerprint density at radius 3 is 2.82 bits per heavy atom. The second kappa shape index (κ2) is 5.33. The van der Waals surface area contributed by atoms with E-state index >= 15 is 0 Å². The first kappa shape index (κ1) is 12.1. The van der Waals surface area contributed by atoms with E-state index in [0.717, 1.165) is 0 Å². The zero-order chi connectivity index (χ0) is 12.3. The lowest BCUT2D eigenvalue weighted by molar-refractivity contribution is 0.258. The highest BCUT2D eigenvalue weighted by atomic mass is 79.9. The molecule has 0 aliphatic heterocycles. The lowest BCUT2D eigenvalue weighted by Crippen LogP contribution is -2.02. The summed E-state index contributed by atoms with van der Waals surface area (Å²) < 4.78 is 24.6. The molecule has 5 heteroatoms. The van der Waals surface area contributed by atoms with E-state index in [1.165, 1.54) is 0 Å². The van der Waals surface area contributed by atoms with E-state index in [0.29, 0.717) is 15.8 Å². The highest BCUT2D eigenvalue weighted by molar-refractivity contribution is 9.10. The van der Waals surface area contributed by atoms with Crippen LogP contribution in [0, 0.1) is 5.82 Å². The Morgan fingerprint density at radius 1 is 1.35 bits per heavy atom. The summed E-state index contributed by atoms with van der Waals surface area (Å²) in [4.78, 5) is 0. The quantitative estimate of drug-likeness (QED) is 0.943. The van der Waals surface area contributed by atoms with Crippen molar-refractivity contribution in [3.63, 3.8) is 0 Å². The molecule has 0 atom stereocenters. The van der Waals surface area contributed by atoms with Crippen LogP contribution in [0.5, 0.6) is 5.75 Å². The Balaban J connectivity index is 2.14. The third-order valence-electron chi connectivity index (χ3n) is 2.30. The predicted octanol–water partition coefficient (Wildman–Crippen LogP) is 3.22. The molecule has 90 valence electrons. The molecule has 1 aromatic heterocycles. The largest absolute Gasteiger partial charge is 0.483 e. The number of ether oxygens (including phenoxy) is 1. The lowest BCUT2D eigenvalue weighted by Gasteiger charge is -2.09. The van der Waals surface area contributed by atoms with Crippen LogP contribution in [-0.2, 0) is 13.2 Å². The van der Waals surface area contributed by atoms with Gasteiger partial charge in [0.15, 0.2) is 11.6 Å². The normalized spacial score (nSPS) is 10.5. The Labute approximate surface area is 106 Å². The summed E-state index contributed by atoms with van der Waals surface area (Å²) in [6.45, 7) is 0.467. The van der Waals surface area contributed by atoms with Gasteiger partial charge in [-0.1, -0.05) is 6.07 Å². The van der Waals surface area contributed by atoms with Crippen molar-refractivity contribution in [2.24, 2.45) is 5.73 Å². The molecule has 0 saturated heterocycles. The minimum atomic E-state index is -0.445. The van der Waals surface area contributed by atoms with Crippen molar-refractivity contribution < 1.29 is 13.5 Å². The third-order valence-corrected chi connectivity index (χ3v) is 3.15. The van der Waals surface area contributed by atoms with Crippen LogP contribution in [-0.4, -0.2) is 0 Å². The van der Waals surface area contributed by atoms with Gasteiger partial charge in [0.1, 0.15) is 12.4 Å². The highest BCUT2D eigenvalue weighted by Crippen LogP contribution is 2.28. The number of benzene rings is 1. The summed E-state index contributed by atoms with van der Waals surface area (Å²) in [5, 5.41) is 0. The molecule has 17 heavy (non-hydrogen) atoms. The molecule has 2 aromatic rings. The second-order valence-electron chi connectivity index (χ2n) is 3.42. The molecule has 1 heterocycles.